The normalized spacial score (nSPS) is 10.2. The van der Waals surface area contributed by atoms with Crippen LogP contribution in [-0.4, -0.2) is 15.9 Å². The lowest BCUT2D eigenvalue weighted by Crippen LogP contribution is -2.16. The SMILES string of the molecule is CCCc1cc(C(=O)Nc2ccc(Cl)cn2)cc(NN)n1. The van der Waals surface area contributed by atoms with Crippen LogP contribution in [0.4, 0.5) is 11.6 Å². The van der Waals surface area contributed by atoms with Crippen molar-refractivity contribution in [1.82, 2.24) is 9.97 Å². The van der Waals surface area contributed by atoms with Gasteiger partial charge in [0.1, 0.15) is 11.6 Å². The third kappa shape index (κ3) is 4.14. The van der Waals surface area contributed by atoms with E-state index in [0.29, 0.717) is 22.2 Å². The zero-order valence-corrected chi connectivity index (χ0v) is 12.3. The van der Waals surface area contributed by atoms with E-state index in [1.165, 1.54) is 6.20 Å². The predicted molar refractivity (Wildman–Crippen MR) is 83.2 cm³/mol. The number of rotatable bonds is 5. The summed E-state index contributed by atoms with van der Waals surface area (Å²) >= 11 is 5.75. The third-order valence-electron chi connectivity index (χ3n) is 2.76. The number of aromatic nitrogens is 2. The van der Waals surface area contributed by atoms with E-state index in [0.717, 1.165) is 18.5 Å². The molecule has 4 N–H and O–H groups in total. The Morgan fingerprint density at radius 2 is 2.14 bits per heavy atom. The molecule has 0 aromatic carbocycles. The molecule has 0 atom stereocenters. The molecule has 0 bridgehead atoms. The van der Waals surface area contributed by atoms with Crippen LogP contribution in [0.15, 0.2) is 30.5 Å². The first-order chi connectivity index (χ1) is 10.1. The monoisotopic (exact) mass is 305 g/mol. The van der Waals surface area contributed by atoms with Gasteiger partial charge in [0.2, 0.25) is 0 Å². The molecule has 6 nitrogen and oxygen atoms in total. The van der Waals surface area contributed by atoms with Gasteiger partial charge in [-0.1, -0.05) is 24.9 Å². The van der Waals surface area contributed by atoms with Gasteiger partial charge in [0.05, 0.1) is 5.02 Å². The van der Waals surface area contributed by atoms with Crippen LogP contribution in [0.5, 0.6) is 0 Å². The highest BCUT2D eigenvalue weighted by Crippen LogP contribution is 2.14. The largest absolute Gasteiger partial charge is 0.308 e. The fourth-order valence-electron chi connectivity index (χ4n) is 1.82. The van der Waals surface area contributed by atoms with E-state index in [4.69, 9.17) is 17.4 Å². The Bertz CT molecular complexity index is 630. The molecule has 2 rings (SSSR count). The summed E-state index contributed by atoms with van der Waals surface area (Å²) in [5.41, 5.74) is 3.75. The van der Waals surface area contributed by atoms with Crippen LogP contribution in [0.25, 0.3) is 0 Å². The molecule has 0 radical (unpaired) electrons. The van der Waals surface area contributed by atoms with Gasteiger partial charge in [-0.3, -0.25) is 4.79 Å². The maximum atomic E-state index is 12.2. The molecule has 21 heavy (non-hydrogen) atoms. The van der Waals surface area contributed by atoms with Crippen LogP contribution in [0.1, 0.15) is 29.4 Å². The average Bonchev–Trinajstić information content (AvgIpc) is 2.49. The zero-order chi connectivity index (χ0) is 15.2. The number of nitrogen functional groups attached to an aromatic ring is 1. The number of hydrazine groups is 1. The summed E-state index contributed by atoms with van der Waals surface area (Å²) in [5.74, 6) is 5.99. The van der Waals surface area contributed by atoms with Crippen LogP contribution in [-0.2, 0) is 6.42 Å². The highest BCUT2D eigenvalue weighted by Gasteiger charge is 2.10. The predicted octanol–water partition coefficient (Wildman–Crippen LogP) is 2.62. The molecule has 0 unspecified atom stereocenters. The molecule has 2 heterocycles. The van der Waals surface area contributed by atoms with E-state index in [2.05, 4.69) is 20.7 Å². The van der Waals surface area contributed by atoms with Crippen molar-refractivity contribution in [2.75, 3.05) is 10.7 Å². The number of amides is 1. The van der Waals surface area contributed by atoms with Crippen LogP contribution in [0.2, 0.25) is 5.02 Å². The van der Waals surface area contributed by atoms with Crippen molar-refractivity contribution in [2.45, 2.75) is 19.8 Å². The summed E-state index contributed by atoms with van der Waals surface area (Å²) < 4.78 is 0. The number of hydrogen-bond donors (Lipinski definition) is 3. The van der Waals surface area contributed by atoms with Crippen molar-refractivity contribution in [3.05, 3.63) is 46.7 Å². The van der Waals surface area contributed by atoms with Gasteiger partial charge in [-0.2, -0.15) is 0 Å². The number of nitrogens with two attached hydrogens (primary N) is 1. The molecular weight excluding hydrogens is 290 g/mol. The van der Waals surface area contributed by atoms with Gasteiger partial charge in [0, 0.05) is 17.5 Å². The van der Waals surface area contributed by atoms with Crippen LogP contribution >= 0.6 is 11.6 Å². The van der Waals surface area contributed by atoms with Crippen molar-refractivity contribution in [3.63, 3.8) is 0 Å². The second-order valence-corrected chi connectivity index (χ2v) is 4.88. The molecule has 2 aromatic heterocycles. The molecule has 0 aliphatic carbocycles. The summed E-state index contributed by atoms with van der Waals surface area (Å²) in [6, 6.07) is 6.63. The lowest BCUT2D eigenvalue weighted by atomic mass is 10.1. The van der Waals surface area contributed by atoms with Gasteiger partial charge >= 0.3 is 0 Å². The Hall–Kier alpha value is -2.18. The van der Waals surface area contributed by atoms with Gasteiger partial charge in [-0.15, -0.1) is 0 Å². The number of hydrogen-bond acceptors (Lipinski definition) is 5. The first kappa shape index (κ1) is 15.2. The minimum atomic E-state index is -0.277. The molecule has 0 aliphatic heterocycles. The van der Waals surface area contributed by atoms with Gasteiger partial charge in [-0.25, -0.2) is 15.8 Å². The highest BCUT2D eigenvalue weighted by molar-refractivity contribution is 6.30. The van der Waals surface area contributed by atoms with Crippen LogP contribution in [0, 0.1) is 0 Å². The van der Waals surface area contributed by atoms with Gasteiger partial charge in [0.25, 0.3) is 5.91 Å². The topological polar surface area (TPSA) is 92.9 Å². The van der Waals surface area contributed by atoms with Crippen molar-refractivity contribution >= 4 is 29.1 Å². The Morgan fingerprint density at radius 1 is 1.33 bits per heavy atom. The van der Waals surface area contributed by atoms with Crippen molar-refractivity contribution in [1.29, 1.82) is 0 Å². The first-order valence-electron chi connectivity index (χ1n) is 6.53. The van der Waals surface area contributed by atoms with Gasteiger partial charge < -0.3 is 10.7 Å². The number of anilines is 2. The number of nitrogens with zero attached hydrogens (tertiary/aromatic N) is 2. The van der Waals surface area contributed by atoms with E-state index in [-0.39, 0.29) is 5.91 Å². The maximum Gasteiger partial charge on any atom is 0.257 e. The Balaban J connectivity index is 2.21. The molecule has 0 saturated heterocycles. The number of nitrogens with one attached hydrogen (secondary N) is 2. The molecule has 0 fully saturated rings. The Kier molecular flexibility index (Phi) is 5.08. The first-order valence-corrected chi connectivity index (χ1v) is 6.90. The molecule has 1 amide bonds. The highest BCUT2D eigenvalue weighted by atomic mass is 35.5. The quantitative estimate of drug-likeness (QED) is 0.583. The molecule has 0 aliphatic rings. The third-order valence-corrected chi connectivity index (χ3v) is 2.99. The number of pyridine rings is 2. The van der Waals surface area contributed by atoms with E-state index < -0.39 is 0 Å². The van der Waals surface area contributed by atoms with Crippen LogP contribution in [0.3, 0.4) is 0 Å². The fourth-order valence-corrected chi connectivity index (χ4v) is 1.93. The number of aryl methyl sites for hydroxylation is 1. The van der Waals surface area contributed by atoms with Crippen LogP contribution < -0.4 is 16.6 Å². The molecular formula is C14H16ClN5O. The number of carbonyl (C=O) groups is 1. The lowest BCUT2D eigenvalue weighted by Gasteiger charge is -2.08. The second kappa shape index (κ2) is 7.01. The summed E-state index contributed by atoms with van der Waals surface area (Å²) in [6.07, 6.45) is 3.18. The van der Waals surface area contributed by atoms with Crippen molar-refractivity contribution in [3.8, 4) is 0 Å². The van der Waals surface area contributed by atoms with Gasteiger partial charge in [0.15, 0.2) is 0 Å². The van der Waals surface area contributed by atoms with Gasteiger partial charge in [-0.05, 0) is 30.7 Å². The number of halogens is 1. The summed E-state index contributed by atoms with van der Waals surface area (Å²) in [4.78, 5) is 20.6. The summed E-state index contributed by atoms with van der Waals surface area (Å²) in [6.45, 7) is 2.04. The summed E-state index contributed by atoms with van der Waals surface area (Å²) in [5, 5.41) is 3.21. The molecule has 0 saturated carbocycles. The lowest BCUT2D eigenvalue weighted by molar-refractivity contribution is 0.102. The van der Waals surface area contributed by atoms with E-state index >= 15 is 0 Å². The zero-order valence-electron chi connectivity index (χ0n) is 11.6. The molecule has 7 heteroatoms. The minimum Gasteiger partial charge on any atom is -0.308 e. The van der Waals surface area contributed by atoms with E-state index in [1.807, 2.05) is 6.92 Å². The summed E-state index contributed by atoms with van der Waals surface area (Å²) in [7, 11) is 0. The molecule has 0 spiro atoms. The molecule has 110 valence electrons. The molecule has 2 aromatic rings. The fraction of sp³-hybridized carbons (Fsp3) is 0.214. The number of carbonyl (C=O) groups excluding carboxylic acids is 1. The standard InChI is InChI=1S/C14H16ClN5O/c1-2-3-11-6-9(7-13(18-11)20-16)14(21)19-12-5-4-10(15)8-17-12/h4-8H,2-3,16H2,1H3,(H,18,20)(H,17,19,21). The average molecular weight is 306 g/mol. The minimum absolute atomic E-state index is 0.277. The van der Waals surface area contributed by atoms with Crippen molar-refractivity contribution in [2.24, 2.45) is 5.84 Å². The van der Waals surface area contributed by atoms with E-state index in [9.17, 15) is 4.79 Å². The Labute approximate surface area is 127 Å². The van der Waals surface area contributed by atoms with E-state index in [1.54, 1.807) is 24.3 Å². The second-order valence-electron chi connectivity index (χ2n) is 4.44. The maximum absolute atomic E-state index is 12.2. The van der Waals surface area contributed by atoms with Crippen molar-refractivity contribution < 1.29 is 4.79 Å². The Morgan fingerprint density at radius 3 is 2.76 bits per heavy atom. The smallest absolute Gasteiger partial charge is 0.257 e.